The number of aromatic nitrogens is 2. The minimum Gasteiger partial charge on any atom is -0.294 e. The zero-order valence-electron chi connectivity index (χ0n) is 13.3. The summed E-state index contributed by atoms with van der Waals surface area (Å²) in [6, 6.07) is 8.33. The molecule has 0 bridgehead atoms. The first-order valence-corrected chi connectivity index (χ1v) is 8.89. The minimum absolute atomic E-state index is 0.00849. The van der Waals surface area contributed by atoms with E-state index in [0.29, 0.717) is 6.42 Å². The number of aryl methyl sites for hydroxylation is 1. The number of nitrogens with zero attached hydrogens (tertiary/aromatic N) is 2. The van der Waals surface area contributed by atoms with Gasteiger partial charge in [-0.2, -0.15) is 5.10 Å². The highest BCUT2D eigenvalue weighted by atomic mass is 127. The zero-order valence-corrected chi connectivity index (χ0v) is 15.5. The van der Waals surface area contributed by atoms with E-state index in [0.717, 1.165) is 41.9 Å². The molecule has 0 aliphatic heterocycles. The van der Waals surface area contributed by atoms with Crippen molar-refractivity contribution in [1.29, 1.82) is 0 Å². The Morgan fingerprint density at radius 3 is 2.55 bits per heavy atom. The molecule has 0 radical (unpaired) electrons. The number of hydrogen-bond donors (Lipinski definition) is 0. The molecule has 1 aromatic heterocycles. The molecule has 0 fully saturated rings. The van der Waals surface area contributed by atoms with Gasteiger partial charge in [-0.05, 0) is 65.1 Å². The van der Waals surface area contributed by atoms with Crippen LogP contribution in [0.3, 0.4) is 0 Å². The molecular formula is C18H21IN2O. The van der Waals surface area contributed by atoms with E-state index >= 15 is 0 Å². The van der Waals surface area contributed by atoms with E-state index in [1.54, 1.807) is 0 Å². The maximum absolute atomic E-state index is 12.6. The van der Waals surface area contributed by atoms with Crippen LogP contribution in [0.5, 0.6) is 0 Å². The predicted molar refractivity (Wildman–Crippen MR) is 96.7 cm³/mol. The number of Topliss-reactive ketones (excluding diaryl/α,β-unsaturated/α-hetero) is 1. The van der Waals surface area contributed by atoms with E-state index in [-0.39, 0.29) is 11.2 Å². The number of fused-ring (bicyclic) bond motifs is 1. The quantitative estimate of drug-likeness (QED) is 0.697. The normalized spacial score (nSPS) is 16.6. The van der Waals surface area contributed by atoms with Gasteiger partial charge in [0.1, 0.15) is 0 Å². The molecule has 116 valence electrons. The minimum atomic E-state index is 0.00849. The number of carbonyl (C=O) groups is 1. The topological polar surface area (TPSA) is 34.9 Å². The number of hydrogen-bond acceptors (Lipinski definition) is 2. The van der Waals surface area contributed by atoms with E-state index < -0.39 is 0 Å². The number of carbonyl (C=O) groups excluding carboxylic acids is 1. The molecule has 1 aliphatic rings. The Morgan fingerprint density at radius 2 is 1.91 bits per heavy atom. The second kappa shape index (κ2) is 5.80. The molecule has 22 heavy (non-hydrogen) atoms. The van der Waals surface area contributed by atoms with Gasteiger partial charge in [-0.3, -0.25) is 4.79 Å². The lowest BCUT2D eigenvalue weighted by molar-refractivity contribution is 0.0910. The fraction of sp³-hybridized carbons (Fsp3) is 0.444. The highest BCUT2D eigenvalue weighted by Gasteiger charge is 2.36. The summed E-state index contributed by atoms with van der Waals surface area (Å²) in [5.74, 6) is 0.256. The molecular weight excluding hydrogens is 387 g/mol. The van der Waals surface area contributed by atoms with E-state index in [1.807, 2.05) is 4.68 Å². The van der Waals surface area contributed by atoms with Gasteiger partial charge in [0.25, 0.3) is 0 Å². The zero-order chi connectivity index (χ0) is 15.9. The molecule has 3 rings (SSSR count). The fourth-order valence-electron chi connectivity index (χ4n) is 3.24. The van der Waals surface area contributed by atoms with Gasteiger partial charge in [0, 0.05) is 9.99 Å². The van der Waals surface area contributed by atoms with Crippen molar-refractivity contribution in [1.82, 2.24) is 9.78 Å². The van der Waals surface area contributed by atoms with E-state index in [4.69, 9.17) is 5.10 Å². The standard InChI is InChI=1S/C18H21IN2O/c1-4-5-14-17-15(10-18(2,3)11-16(17)22)21(20-14)13-8-6-12(19)7-9-13/h6-9H,4-5,10-11H2,1-3H3. The van der Waals surface area contributed by atoms with Gasteiger partial charge >= 0.3 is 0 Å². The molecule has 0 spiro atoms. The second-order valence-electron chi connectivity index (χ2n) is 6.85. The van der Waals surface area contributed by atoms with Crippen LogP contribution in [0.1, 0.15) is 55.4 Å². The van der Waals surface area contributed by atoms with Gasteiger partial charge in [-0.1, -0.05) is 27.2 Å². The van der Waals surface area contributed by atoms with Crippen LogP contribution in [-0.4, -0.2) is 15.6 Å². The van der Waals surface area contributed by atoms with E-state index in [9.17, 15) is 4.79 Å². The first-order chi connectivity index (χ1) is 10.4. The van der Waals surface area contributed by atoms with Gasteiger partial charge in [0.05, 0.1) is 22.6 Å². The van der Waals surface area contributed by atoms with Crippen molar-refractivity contribution in [2.45, 2.75) is 46.5 Å². The van der Waals surface area contributed by atoms with Crippen LogP contribution in [0, 0.1) is 8.99 Å². The number of rotatable bonds is 3. The van der Waals surface area contributed by atoms with Crippen molar-refractivity contribution < 1.29 is 4.79 Å². The van der Waals surface area contributed by atoms with Crippen LogP contribution in [0.4, 0.5) is 0 Å². The Bertz CT molecular complexity index is 713. The fourth-order valence-corrected chi connectivity index (χ4v) is 3.59. The first-order valence-electron chi connectivity index (χ1n) is 7.81. The third-order valence-corrected chi connectivity index (χ3v) is 4.89. The summed E-state index contributed by atoms with van der Waals surface area (Å²) >= 11 is 2.30. The molecule has 0 saturated heterocycles. The van der Waals surface area contributed by atoms with E-state index in [2.05, 4.69) is 67.6 Å². The maximum atomic E-state index is 12.6. The lowest BCUT2D eigenvalue weighted by atomic mass is 9.75. The number of benzene rings is 1. The van der Waals surface area contributed by atoms with Crippen molar-refractivity contribution in [2.24, 2.45) is 5.41 Å². The largest absolute Gasteiger partial charge is 0.294 e. The van der Waals surface area contributed by atoms with Crippen LogP contribution in [-0.2, 0) is 12.8 Å². The molecule has 3 nitrogen and oxygen atoms in total. The summed E-state index contributed by atoms with van der Waals surface area (Å²) in [5.41, 5.74) is 4.00. The van der Waals surface area contributed by atoms with Crippen molar-refractivity contribution >= 4 is 28.4 Å². The molecule has 0 N–H and O–H groups in total. The Kier molecular flexibility index (Phi) is 4.14. The first kappa shape index (κ1) is 15.7. The number of halogens is 1. The third-order valence-electron chi connectivity index (χ3n) is 4.18. The van der Waals surface area contributed by atoms with Gasteiger partial charge in [0.2, 0.25) is 0 Å². The molecule has 1 aliphatic carbocycles. The Morgan fingerprint density at radius 1 is 1.23 bits per heavy atom. The van der Waals surface area contributed by atoms with Gasteiger partial charge in [0.15, 0.2) is 5.78 Å². The average Bonchev–Trinajstić information content (AvgIpc) is 2.77. The van der Waals surface area contributed by atoms with Crippen molar-refractivity contribution in [3.05, 3.63) is 44.8 Å². The summed E-state index contributed by atoms with van der Waals surface area (Å²) in [7, 11) is 0. The number of ketones is 1. The van der Waals surface area contributed by atoms with Gasteiger partial charge in [-0.15, -0.1) is 0 Å². The molecule has 4 heteroatoms. The highest BCUT2D eigenvalue weighted by molar-refractivity contribution is 14.1. The third kappa shape index (κ3) is 2.85. The molecule has 1 heterocycles. The Labute approximate surface area is 145 Å². The van der Waals surface area contributed by atoms with Crippen LogP contribution in [0.25, 0.3) is 5.69 Å². The van der Waals surface area contributed by atoms with Crippen molar-refractivity contribution in [2.75, 3.05) is 0 Å². The van der Waals surface area contributed by atoms with Gasteiger partial charge in [-0.25, -0.2) is 4.68 Å². The van der Waals surface area contributed by atoms with Crippen LogP contribution in [0.2, 0.25) is 0 Å². The lowest BCUT2D eigenvalue weighted by Crippen LogP contribution is -2.28. The SMILES string of the molecule is CCCc1nn(-c2ccc(I)cc2)c2c1C(=O)CC(C)(C)C2. The summed E-state index contributed by atoms with van der Waals surface area (Å²) < 4.78 is 3.20. The molecule has 2 aromatic rings. The predicted octanol–water partition coefficient (Wildman–Crippen LogP) is 4.58. The molecule has 0 atom stereocenters. The smallest absolute Gasteiger partial charge is 0.167 e. The maximum Gasteiger partial charge on any atom is 0.167 e. The Hall–Kier alpha value is -1.17. The monoisotopic (exact) mass is 408 g/mol. The lowest BCUT2D eigenvalue weighted by Gasteiger charge is -2.29. The second-order valence-corrected chi connectivity index (χ2v) is 8.09. The molecule has 0 saturated carbocycles. The summed E-state index contributed by atoms with van der Waals surface area (Å²) in [4.78, 5) is 12.6. The summed E-state index contributed by atoms with van der Waals surface area (Å²) in [6.07, 6.45) is 3.39. The van der Waals surface area contributed by atoms with Crippen LogP contribution < -0.4 is 0 Å². The molecule has 0 unspecified atom stereocenters. The van der Waals surface area contributed by atoms with Crippen molar-refractivity contribution in [3.8, 4) is 5.69 Å². The van der Waals surface area contributed by atoms with Crippen LogP contribution >= 0.6 is 22.6 Å². The van der Waals surface area contributed by atoms with Gasteiger partial charge < -0.3 is 0 Å². The molecule has 0 amide bonds. The highest BCUT2D eigenvalue weighted by Crippen LogP contribution is 2.37. The summed E-state index contributed by atoms with van der Waals surface area (Å²) in [6.45, 7) is 6.46. The van der Waals surface area contributed by atoms with E-state index in [1.165, 1.54) is 3.57 Å². The van der Waals surface area contributed by atoms with Crippen molar-refractivity contribution in [3.63, 3.8) is 0 Å². The Balaban J connectivity index is 2.17. The summed E-state index contributed by atoms with van der Waals surface area (Å²) in [5, 5.41) is 4.79. The average molecular weight is 408 g/mol. The molecule has 1 aromatic carbocycles. The van der Waals surface area contributed by atoms with Crippen LogP contribution in [0.15, 0.2) is 24.3 Å².